The number of rotatable bonds is 3. The van der Waals surface area contributed by atoms with Gasteiger partial charge in [-0.2, -0.15) is 0 Å². The molecule has 1 aromatic rings. The van der Waals surface area contributed by atoms with Crippen molar-refractivity contribution in [1.82, 2.24) is 4.90 Å². The highest BCUT2D eigenvalue weighted by atomic mass is 35.5. The molecule has 2 rings (SSSR count). The molecular weight excluding hydrogens is 248 g/mol. The van der Waals surface area contributed by atoms with Crippen LogP contribution in [0.4, 0.5) is 0 Å². The number of hydrogen-bond acceptors (Lipinski definition) is 2. The number of carbonyl (C=O) groups excluding carboxylic acids is 1. The summed E-state index contributed by atoms with van der Waals surface area (Å²) in [6.07, 6.45) is 1.11. The molecule has 0 radical (unpaired) electrons. The van der Waals surface area contributed by atoms with Crippen molar-refractivity contribution in [2.75, 3.05) is 19.6 Å². The standard InChI is InChI=1S/C14H20N2O.ClH/c1-11-7-8-16(10-11)14(17)13(9-15)12-5-3-2-4-6-12;/h2-6,11,13H,7-10,15H2,1H3;1H. The maximum atomic E-state index is 12.4. The molecule has 1 saturated heterocycles. The van der Waals surface area contributed by atoms with Crippen molar-refractivity contribution >= 4 is 18.3 Å². The van der Waals surface area contributed by atoms with Crippen molar-refractivity contribution in [2.24, 2.45) is 11.7 Å². The summed E-state index contributed by atoms with van der Waals surface area (Å²) in [4.78, 5) is 14.3. The molecule has 1 aliphatic heterocycles. The lowest BCUT2D eigenvalue weighted by Crippen LogP contribution is -2.36. The van der Waals surface area contributed by atoms with Gasteiger partial charge in [-0.3, -0.25) is 4.79 Å². The first-order chi connectivity index (χ1) is 8.22. The van der Waals surface area contributed by atoms with Crippen LogP contribution >= 0.6 is 12.4 Å². The number of amides is 1. The zero-order valence-electron chi connectivity index (χ0n) is 10.7. The molecule has 1 amide bonds. The van der Waals surface area contributed by atoms with E-state index in [9.17, 15) is 4.79 Å². The lowest BCUT2D eigenvalue weighted by molar-refractivity contribution is -0.131. The lowest BCUT2D eigenvalue weighted by atomic mass is 9.98. The molecule has 2 N–H and O–H groups in total. The zero-order valence-corrected chi connectivity index (χ0v) is 11.5. The number of benzene rings is 1. The van der Waals surface area contributed by atoms with Gasteiger partial charge in [0.05, 0.1) is 5.92 Å². The van der Waals surface area contributed by atoms with Crippen LogP contribution in [0.3, 0.4) is 0 Å². The average Bonchev–Trinajstić information content (AvgIpc) is 2.78. The summed E-state index contributed by atoms with van der Waals surface area (Å²) >= 11 is 0. The van der Waals surface area contributed by atoms with Gasteiger partial charge >= 0.3 is 0 Å². The molecule has 4 heteroatoms. The van der Waals surface area contributed by atoms with Crippen LogP contribution in [0.1, 0.15) is 24.8 Å². The number of halogens is 1. The van der Waals surface area contributed by atoms with Gasteiger partial charge in [-0.05, 0) is 17.9 Å². The van der Waals surface area contributed by atoms with E-state index >= 15 is 0 Å². The van der Waals surface area contributed by atoms with Crippen LogP contribution in [0.15, 0.2) is 30.3 Å². The Balaban J connectivity index is 0.00000162. The average molecular weight is 269 g/mol. The molecule has 2 atom stereocenters. The highest BCUT2D eigenvalue weighted by Crippen LogP contribution is 2.22. The Morgan fingerprint density at radius 2 is 2.11 bits per heavy atom. The Kier molecular flexibility index (Phi) is 5.63. The van der Waals surface area contributed by atoms with Crippen molar-refractivity contribution < 1.29 is 4.79 Å². The third-order valence-corrected chi connectivity index (χ3v) is 3.47. The normalized spacial score (nSPS) is 20.3. The zero-order chi connectivity index (χ0) is 12.3. The largest absolute Gasteiger partial charge is 0.342 e. The monoisotopic (exact) mass is 268 g/mol. The highest BCUT2D eigenvalue weighted by Gasteiger charge is 2.29. The van der Waals surface area contributed by atoms with E-state index in [-0.39, 0.29) is 24.2 Å². The van der Waals surface area contributed by atoms with Gasteiger partial charge in [-0.25, -0.2) is 0 Å². The fraction of sp³-hybridized carbons (Fsp3) is 0.500. The molecule has 0 bridgehead atoms. The number of nitrogens with two attached hydrogens (primary N) is 1. The molecule has 0 aromatic heterocycles. The van der Waals surface area contributed by atoms with Crippen molar-refractivity contribution in [3.05, 3.63) is 35.9 Å². The van der Waals surface area contributed by atoms with Crippen LogP contribution in [0.2, 0.25) is 0 Å². The molecule has 1 aliphatic rings. The van der Waals surface area contributed by atoms with Gasteiger partial charge in [0.2, 0.25) is 5.91 Å². The van der Waals surface area contributed by atoms with E-state index in [1.807, 2.05) is 35.2 Å². The van der Waals surface area contributed by atoms with E-state index in [2.05, 4.69) is 6.92 Å². The summed E-state index contributed by atoms with van der Waals surface area (Å²) in [5.74, 6) is 0.623. The van der Waals surface area contributed by atoms with E-state index in [0.717, 1.165) is 25.1 Å². The number of likely N-dealkylation sites (tertiary alicyclic amines) is 1. The maximum absolute atomic E-state index is 12.4. The molecule has 18 heavy (non-hydrogen) atoms. The highest BCUT2D eigenvalue weighted by molar-refractivity contribution is 5.85. The Morgan fingerprint density at radius 1 is 1.44 bits per heavy atom. The number of hydrogen-bond donors (Lipinski definition) is 1. The van der Waals surface area contributed by atoms with Gasteiger partial charge in [0.1, 0.15) is 0 Å². The lowest BCUT2D eigenvalue weighted by Gasteiger charge is -2.22. The van der Waals surface area contributed by atoms with E-state index in [4.69, 9.17) is 5.73 Å². The minimum Gasteiger partial charge on any atom is -0.342 e. The number of carbonyl (C=O) groups is 1. The molecule has 0 aliphatic carbocycles. The third-order valence-electron chi connectivity index (χ3n) is 3.47. The smallest absolute Gasteiger partial charge is 0.231 e. The van der Waals surface area contributed by atoms with Crippen molar-refractivity contribution in [3.8, 4) is 0 Å². The van der Waals surface area contributed by atoms with Crippen LogP contribution in [-0.4, -0.2) is 30.4 Å². The molecule has 1 heterocycles. The second-order valence-electron chi connectivity index (χ2n) is 4.88. The molecule has 0 spiro atoms. The molecule has 2 unspecified atom stereocenters. The quantitative estimate of drug-likeness (QED) is 0.912. The van der Waals surface area contributed by atoms with E-state index in [1.165, 1.54) is 0 Å². The summed E-state index contributed by atoms with van der Waals surface area (Å²) in [5.41, 5.74) is 6.79. The second-order valence-corrected chi connectivity index (χ2v) is 4.88. The van der Waals surface area contributed by atoms with Gasteiger partial charge in [0, 0.05) is 19.6 Å². The molecule has 0 saturated carbocycles. The molecule has 1 aromatic carbocycles. The van der Waals surface area contributed by atoms with E-state index < -0.39 is 0 Å². The fourth-order valence-corrected chi connectivity index (χ4v) is 2.42. The van der Waals surface area contributed by atoms with Gasteiger partial charge < -0.3 is 10.6 Å². The third kappa shape index (κ3) is 3.24. The summed E-state index contributed by atoms with van der Waals surface area (Å²) in [6.45, 7) is 4.33. The minimum atomic E-state index is -0.179. The Bertz CT molecular complexity index is 383. The topological polar surface area (TPSA) is 46.3 Å². The molecule has 100 valence electrons. The molecular formula is C14H21ClN2O. The second kappa shape index (κ2) is 6.76. The first kappa shape index (κ1) is 15.0. The van der Waals surface area contributed by atoms with Crippen LogP contribution < -0.4 is 5.73 Å². The first-order valence-corrected chi connectivity index (χ1v) is 6.26. The van der Waals surface area contributed by atoms with Crippen molar-refractivity contribution in [3.63, 3.8) is 0 Å². The predicted octanol–water partition coefficient (Wildman–Crippen LogP) is 2.02. The molecule has 1 fully saturated rings. The summed E-state index contributed by atoms with van der Waals surface area (Å²) < 4.78 is 0. The Hall–Kier alpha value is -1.06. The fourth-order valence-electron chi connectivity index (χ4n) is 2.42. The minimum absolute atomic E-state index is 0. The Morgan fingerprint density at radius 3 is 2.61 bits per heavy atom. The van der Waals surface area contributed by atoms with Gasteiger partial charge in [0.25, 0.3) is 0 Å². The Labute approximate surface area is 115 Å². The van der Waals surface area contributed by atoms with Gasteiger partial charge in [-0.1, -0.05) is 37.3 Å². The summed E-state index contributed by atoms with van der Waals surface area (Å²) in [6, 6.07) is 9.83. The van der Waals surface area contributed by atoms with Crippen LogP contribution in [0.5, 0.6) is 0 Å². The number of nitrogens with zero attached hydrogens (tertiary/aromatic N) is 1. The van der Waals surface area contributed by atoms with E-state index in [1.54, 1.807) is 0 Å². The van der Waals surface area contributed by atoms with Crippen molar-refractivity contribution in [2.45, 2.75) is 19.3 Å². The molecule has 3 nitrogen and oxygen atoms in total. The van der Waals surface area contributed by atoms with Gasteiger partial charge in [0.15, 0.2) is 0 Å². The van der Waals surface area contributed by atoms with Crippen molar-refractivity contribution in [1.29, 1.82) is 0 Å². The maximum Gasteiger partial charge on any atom is 0.231 e. The SMILES string of the molecule is CC1CCN(C(=O)C(CN)c2ccccc2)C1.Cl. The van der Waals surface area contributed by atoms with Crippen LogP contribution in [-0.2, 0) is 4.79 Å². The summed E-state index contributed by atoms with van der Waals surface area (Å²) in [5, 5.41) is 0. The van der Waals surface area contributed by atoms with Crippen LogP contribution in [0, 0.1) is 5.92 Å². The predicted molar refractivity (Wildman–Crippen MR) is 75.8 cm³/mol. The first-order valence-electron chi connectivity index (χ1n) is 6.26. The van der Waals surface area contributed by atoms with Gasteiger partial charge in [-0.15, -0.1) is 12.4 Å². The summed E-state index contributed by atoms with van der Waals surface area (Å²) in [7, 11) is 0. The van der Waals surface area contributed by atoms with E-state index in [0.29, 0.717) is 12.5 Å². The van der Waals surface area contributed by atoms with Crippen LogP contribution in [0.25, 0.3) is 0 Å².